The topological polar surface area (TPSA) is 71.5 Å². The van der Waals surface area contributed by atoms with E-state index in [-0.39, 0.29) is 25.0 Å². The Morgan fingerprint density at radius 3 is 3.04 bits per heavy atom. The molecule has 1 aliphatic heterocycles. The lowest BCUT2D eigenvalue weighted by molar-refractivity contribution is -0.153. The van der Waals surface area contributed by atoms with Crippen molar-refractivity contribution in [1.82, 2.24) is 9.88 Å². The van der Waals surface area contributed by atoms with Crippen molar-refractivity contribution in [2.75, 3.05) is 18.5 Å². The molecule has 1 N–H and O–H groups in total. The summed E-state index contributed by atoms with van der Waals surface area (Å²) >= 11 is 2.99. The minimum absolute atomic E-state index is 0.00941. The Morgan fingerprint density at radius 2 is 2.27 bits per heavy atom. The third-order valence-electron chi connectivity index (χ3n) is 4.26. The first kappa shape index (κ1) is 17.1. The summed E-state index contributed by atoms with van der Waals surface area (Å²) in [5, 5.41) is 5.35. The fraction of sp³-hybridized carbons (Fsp3) is 0.278. The summed E-state index contributed by atoms with van der Waals surface area (Å²) in [4.78, 5) is 32.2. The van der Waals surface area contributed by atoms with E-state index in [9.17, 15) is 9.59 Å². The van der Waals surface area contributed by atoms with E-state index in [0.717, 1.165) is 20.7 Å². The lowest BCUT2D eigenvalue weighted by Gasteiger charge is -2.33. The second-order valence-electron chi connectivity index (χ2n) is 6.06. The number of anilines is 1. The number of morpholine rings is 1. The lowest BCUT2D eigenvalue weighted by atomic mass is 10.2. The van der Waals surface area contributed by atoms with Crippen molar-refractivity contribution in [3.05, 3.63) is 46.2 Å². The number of carbonyl (C=O) groups is 2. The van der Waals surface area contributed by atoms with Crippen LogP contribution in [0.2, 0.25) is 0 Å². The van der Waals surface area contributed by atoms with Crippen molar-refractivity contribution in [2.24, 2.45) is 0 Å². The van der Waals surface area contributed by atoms with Crippen LogP contribution in [0.1, 0.15) is 10.4 Å². The Hall–Kier alpha value is -2.29. The minimum atomic E-state index is -0.661. The Kier molecular flexibility index (Phi) is 4.71. The Morgan fingerprint density at radius 1 is 1.38 bits per heavy atom. The predicted octanol–water partition coefficient (Wildman–Crippen LogP) is 3.03. The number of nitrogens with one attached hydrogen (secondary N) is 1. The van der Waals surface area contributed by atoms with Gasteiger partial charge in [-0.15, -0.1) is 11.3 Å². The van der Waals surface area contributed by atoms with Crippen LogP contribution in [0, 0.1) is 6.92 Å². The number of benzene rings is 1. The van der Waals surface area contributed by atoms with Gasteiger partial charge in [0.1, 0.15) is 12.6 Å². The van der Waals surface area contributed by atoms with Crippen LogP contribution in [0.15, 0.2) is 35.7 Å². The Labute approximate surface area is 158 Å². The first-order valence-electron chi connectivity index (χ1n) is 8.18. The summed E-state index contributed by atoms with van der Waals surface area (Å²) in [6, 6.07) is 9.17. The van der Waals surface area contributed by atoms with E-state index in [1.165, 1.54) is 11.3 Å². The Balaban J connectivity index is 1.54. The van der Waals surface area contributed by atoms with Crippen molar-refractivity contribution < 1.29 is 14.3 Å². The molecule has 134 valence electrons. The van der Waals surface area contributed by atoms with E-state index >= 15 is 0 Å². The van der Waals surface area contributed by atoms with Gasteiger partial charge in [-0.05, 0) is 30.0 Å². The number of thiazole rings is 1. The summed E-state index contributed by atoms with van der Waals surface area (Å²) in [5.74, 6) is -0.448. The zero-order chi connectivity index (χ0) is 18.1. The van der Waals surface area contributed by atoms with Gasteiger partial charge >= 0.3 is 0 Å². The van der Waals surface area contributed by atoms with E-state index in [0.29, 0.717) is 11.7 Å². The van der Waals surface area contributed by atoms with Crippen LogP contribution in [-0.4, -0.2) is 41.0 Å². The first-order chi connectivity index (χ1) is 12.6. The summed E-state index contributed by atoms with van der Waals surface area (Å²) < 4.78 is 6.34. The predicted molar refractivity (Wildman–Crippen MR) is 102 cm³/mol. The van der Waals surface area contributed by atoms with E-state index in [4.69, 9.17) is 4.74 Å². The maximum atomic E-state index is 12.8. The molecule has 0 aliphatic carbocycles. The number of aryl methyl sites for hydroxylation is 1. The molecule has 26 heavy (non-hydrogen) atoms. The number of fused-ring (bicyclic) bond motifs is 1. The number of hydrogen-bond acceptors (Lipinski definition) is 6. The summed E-state index contributed by atoms with van der Waals surface area (Å²) in [6.07, 6.45) is 0. The molecule has 1 saturated heterocycles. The van der Waals surface area contributed by atoms with Crippen LogP contribution in [0.25, 0.3) is 10.2 Å². The van der Waals surface area contributed by atoms with Crippen molar-refractivity contribution in [3.8, 4) is 0 Å². The quantitative estimate of drug-likeness (QED) is 0.747. The SMILES string of the molecule is Cc1cccc2sc(NC(=O)C3COCC(=O)N3Cc3cccs3)nc12. The molecule has 0 radical (unpaired) electrons. The molecule has 3 heterocycles. The average molecular weight is 387 g/mol. The monoisotopic (exact) mass is 387 g/mol. The fourth-order valence-corrected chi connectivity index (χ4v) is 4.57. The standard InChI is InChI=1S/C18H17N3O3S2/c1-11-4-2-6-14-16(11)19-18(26-14)20-17(23)13-9-24-10-15(22)21(13)8-12-5-3-7-25-12/h2-7,13H,8-10H2,1H3,(H,19,20,23). The highest BCUT2D eigenvalue weighted by Gasteiger charge is 2.34. The lowest BCUT2D eigenvalue weighted by Crippen LogP contribution is -2.54. The van der Waals surface area contributed by atoms with E-state index < -0.39 is 6.04 Å². The second-order valence-corrected chi connectivity index (χ2v) is 8.12. The molecular weight excluding hydrogens is 370 g/mol. The molecule has 1 aliphatic rings. The maximum absolute atomic E-state index is 12.8. The van der Waals surface area contributed by atoms with E-state index in [1.807, 2.05) is 42.6 Å². The molecular formula is C18H17N3O3S2. The number of para-hydroxylation sites is 1. The molecule has 0 bridgehead atoms. The highest BCUT2D eigenvalue weighted by atomic mass is 32.1. The van der Waals surface area contributed by atoms with E-state index in [1.54, 1.807) is 16.2 Å². The molecule has 4 rings (SSSR count). The van der Waals surface area contributed by atoms with Crippen molar-refractivity contribution in [3.63, 3.8) is 0 Å². The van der Waals surface area contributed by atoms with Gasteiger partial charge in [-0.2, -0.15) is 0 Å². The first-order valence-corrected chi connectivity index (χ1v) is 9.88. The molecule has 1 fully saturated rings. The fourth-order valence-electron chi connectivity index (χ4n) is 2.92. The average Bonchev–Trinajstić information content (AvgIpc) is 3.26. The third-order valence-corrected chi connectivity index (χ3v) is 6.05. The molecule has 1 atom stereocenters. The van der Waals surface area contributed by atoms with Crippen LogP contribution in [0.3, 0.4) is 0 Å². The number of nitrogens with zero attached hydrogens (tertiary/aromatic N) is 2. The number of rotatable bonds is 4. The highest BCUT2D eigenvalue weighted by molar-refractivity contribution is 7.22. The van der Waals surface area contributed by atoms with Gasteiger partial charge in [0.05, 0.1) is 23.4 Å². The largest absolute Gasteiger partial charge is 0.369 e. The molecule has 6 nitrogen and oxygen atoms in total. The molecule has 2 aromatic heterocycles. The van der Waals surface area contributed by atoms with Gasteiger partial charge in [0, 0.05) is 4.88 Å². The van der Waals surface area contributed by atoms with Crippen molar-refractivity contribution in [2.45, 2.75) is 19.5 Å². The van der Waals surface area contributed by atoms with Crippen LogP contribution in [-0.2, 0) is 20.9 Å². The van der Waals surface area contributed by atoms with Gasteiger partial charge in [0.25, 0.3) is 5.91 Å². The molecule has 8 heteroatoms. The normalized spacial score (nSPS) is 17.7. The number of amides is 2. The Bertz CT molecular complexity index is 952. The number of aromatic nitrogens is 1. The zero-order valence-electron chi connectivity index (χ0n) is 14.1. The molecule has 3 aromatic rings. The summed E-state index contributed by atoms with van der Waals surface area (Å²) in [5.41, 5.74) is 1.95. The van der Waals surface area contributed by atoms with Crippen LogP contribution in [0.5, 0.6) is 0 Å². The van der Waals surface area contributed by atoms with Gasteiger partial charge in [0.2, 0.25) is 5.91 Å². The van der Waals surface area contributed by atoms with E-state index in [2.05, 4.69) is 10.3 Å². The number of hydrogen-bond donors (Lipinski definition) is 1. The van der Waals surface area contributed by atoms with Gasteiger partial charge in [0.15, 0.2) is 5.13 Å². The number of ether oxygens (including phenoxy) is 1. The summed E-state index contributed by atoms with van der Waals surface area (Å²) in [7, 11) is 0. The van der Waals surface area contributed by atoms with Gasteiger partial charge in [-0.25, -0.2) is 4.98 Å². The maximum Gasteiger partial charge on any atom is 0.251 e. The zero-order valence-corrected chi connectivity index (χ0v) is 15.7. The summed E-state index contributed by atoms with van der Waals surface area (Å²) in [6.45, 7) is 2.60. The molecule has 0 saturated carbocycles. The smallest absolute Gasteiger partial charge is 0.251 e. The number of thiophene rings is 1. The van der Waals surface area contributed by atoms with Crippen molar-refractivity contribution >= 4 is 49.8 Å². The van der Waals surface area contributed by atoms with Crippen LogP contribution in [0.4, 0.5) is 5.13 Å². The molecule has 2 amide bonds. The minimum Gasteiger partial charge on any atom is -0.369 e. The molecule has 0 spiro atoms. The second kappa shape index (κ2) is 7.14. The van der Waals surface area contributed by atoms with Gasteiger partial charge in [-0.1, -0.05) is 29.5 Å². The van der Waals surface area contributed by atoms with Crippen LogP contribution < -0.4 is 5.32 Å². The highest BCUT2D eigenvalue weighted by Crippen LogP contribution is 2.28. The van der Waals surface area contributed by atoms with Crippen LogP contribution >= 0.6 is 22.7 Å². The number of carbonyl (C=O) groups excluding carboxylic acids is 2. The van der Waals surface area contributed by atoms with Gasteiger partial charge < -0.3 is 15.0 Å². The molecule has 1 aromatic carbocycles. The third kappa shape index (κ3) is 3.35. The molecule has 1 unspecified atom stereocenters. The van der Waals surface area contributed by atoms with Crippen molar-refractivity contribution in [1.29, 1.82) is 0 Å². The van der Waals surface area contributed by atoms with Gasteiger partial charge in [-0.3, -0.25) is 9.59 Å².